The molecule has 38 heavy (non-hydrogen) atoms. The van der Waals surface area contributed by atoms with Crippen LogP contribution < -0.4 is 10.0 Å². The maximum atomic E-state index is 13.0. The van der Waals surface area contributed by atoms with Crippen molar-refractivity contribution in [1.29, 1.82) is 0 Å². The summed E-state index contributed by atoms with van der Waals surface area (Å²) in [6, 6.07) is 12.2. The van der Waals surface area contributed by atoms with Crippen molar-refractivity contribution in [3.63, 3.8) is 0 Å². The highest BCUT2D eigenvalue weighted by Crippen LogP contribution is 2.40. The molecule has 0 saturated carbocycles. The number of carbonyl (C=O) groups is 2. The first-order chi connectivity index (χ1) is 18.0. The smallest absolute Gasteiger partial charge is 0.322 e. The van der Waals surface area contributed by atoms with Gasteiger partial charge in [0, 0.05) is 11.6 Å². The van der Waals surface area contributed by atoms with Crippen LogP contribution in [0.5, 0.6) is 0 Å². The number of anilines is 1. The number of carboxylic acid groups (broad SMARTS) is 1. The Morgan fingerprint density at radius 3 is 2.18 bits per heavy atom. The molecule has 8 nitrogen and oxygen atoms in total. The lowest BCUT2D eigenvalue weighted by Gasteiger charge is -2.22. The number of nitrogens with one attached hydrogen (secondary N) is 2. The fourth-order valence-corrected chi connectivity index (χ4v) is 6.09. The predicted molar refractivity (Wildman–Crippen MR) is 146 cm³/mol. The molecule has 0 aromatic heterocycles. The molecule has 2 unspecified atom stereocenters. The van der Waals surface area contributed by atoms with E-state index >= 15 is 0 Å². The molecule has 1 amide bonds. The highest BCUT2D eigenvalue weighted by atomic mass is 32.2. The topological polar surface area (TPSA) is 122 Å². The molecule has 2 aromatic carbocycles. The molecule has 1 aliphatic carbocycles. The molecule has 0 bridgehead atoms. The SMILES string of the molecule is CCC1=CC=CC2OC(C(=O)Nc3ccc(-c4ccc(S(=O)(=O)N[C@H](C(=O)O)C(C)C)cc4)cc3)=C(C)C12. The number of fused-ring (bicyclic) bond motifs is 1. The van der Waals surface area contributed by atoms with E-state index in [0.717, 1.165) is 23.1 Å². The van der Waals surface area contributed by atoms with Crippen LogP contribution in [0.25, 0.3) is 11.1 Å². The van der Waals surface area contributed by atoms with Gasteiger partial charge < -0.3 is 15.2 Å². The van der Waals surface area contributed by atoms with Gasteiger partial charge in [0.05, 0.1) is 4.90 Å². The van der Waals surface area contributed by atoms with Gasteiger partial charge in [-0.25, -0.2) is 8.42 Å². The second-order valence-electron chi connectivity index (χ2n) is 9.79. The monoisotopic (exact) mass is 536 g/mol. The van der Waals surface area contributed by atoms with Gasteiger partial charge in [0.2, 0.25) is 10.0 Å². The highest BCUT2D eigenvalue weighted by Gasteiger charge is 2.38. The minimum atomic E-state index is -4.00. The number of benzene rings is 2. The molecular formula is C29H32N2O6S. The zero-order valence-electron chi connectivity index (χ0n) is 21.8. The van der Waals surface area contributed by atoms with Crippen LogP contribution in [0.15, 0.2) is 88.6 Å². The van der Waals surface area contributed by atoms with Gasteiger partial charge in [0.15, 0.2) is 5.76 Å². The molecule has 2 aliphatic rings. The Balaban J connectivity index is 1.44. The fraction of sp³-hybridized carbons (Fsp3) is 0.310. The van der Waals surface area contributed by atoms with Gasteiger partial charge in [0.25, 0.3) is 5.91 Å². The van der Waals surface area contributed by atoms with Crippen LogP contribution in [0, 0.1) is 11.8 Å². The van der Waals surface area contributed by atoms with E-state index < -0.39 is 28.0 Å². The zero-order valence-corrected chi connectivity index (χ0v) is 22.6. The average molecular weight is 537 g/mol. The minimum Gasteiger partial charge on any atom is -0.480 e. The van der Waals surface area contributed by atoms with Gasteiger partial charge in [-0.3, -0.25) is 9.59 Å². The third kappa shape index (κ3) is 5.58. The van der Waals surface area contributed by atoms with Crippen molar-refractivity contribution >= 4 is 27.6 Å². The Bertz CT molecular complexity index is 1420. The molecule has 0 radical (unpaired) electrons. The Hall–Kier alpha value is -3.69. The molecule has 9 heteroatoms. The van der Waals surface area contributed by atoms with Gasteiger partial charge in [-0.15, -0.1) is 0 Å². The number of hydrogen-bond acceptors (Lipinski definition) is 5. The van der Waals surface area contributed by atoms with E-state index in [1.165, 1.54) is 17.7 Å². The van der Waals surface area contributed by atoms with Crippen molar-refractivity contribution in [2.24, 2.45) is 11.8 Å². The van der Waals surface area contributed by atoms with E-state index in [1.54, 1.807) is 38.1 Å². The summed E-state index contributed by atoms with van der Waals surface area (Å²) in [4.78, 5) is 24.3. The quantitative estimate of drug-likeness (QED) is 0.420. The number of rotatable bonds is 9. The number of aliphatic carboxylic acids is 1. The standard InChI is InChI=1S/C29H32N2O6S/c1-5-19-7-6-8-24-25(19)18(4)27(37-24)28(32)30-22-13-9-20(10-14-22)21-11-15-23(16-12-21)38(35,36)31-26(17(2)3)29(33)34/h6-17,24-26,31H,5H2,1-4H3,(H,30,32)(H,33,34)/t24?,25?,26-/m0/s1. The van der Waals surface area contributed by atoms with E-state index in [-0.39, 0.29) is 22.8 Å². The van der Waals surface area contributed by atoms with Crippen LogP contribution in [0.2, 0.25) is 0 Å². The molecule has 1 aliphatic heterocycles. The average Bonchev–Trinajstić information content (AvgIpc) is 3.24. The predicted octanol–water partition coefficient (Wildman–Crippen LogP) is 4.87. The summed E-state index contributed by atoms with van der Waals surface area (Å²) in [5.41, 5.74) is 4.38. The summed E-state index contributed by atoms with van der Waals surface area (Å²) in [5.74, 6) is -1.49. The summed E-state index contributed by atoms with van der Waals surface area (Å²) in [7, 11) is -4.00. The number of allylic oxidation sites excluding steroid dienone is 2. The maximum absolute atomic E-state index is 13.0. The maximum Gasteiger partial charge on any atom is 0.322 e. The molecule has 2 aromatic rings. The van der Waals surface area contributed by atoms with Crippen molar-refractivity contribution in [2.45, 2.75) is 51.2 Å². The lowest BCUT2D eigenvalue weighted by Crippen LogP contribution is -2.44. The van der Waals surface area contributed by atoms with Crippen LogP contribution in [0.1, 0.15) is 34.1 Å². The first-order valence-corrected chi connectivity index (χ1v) is 14.0. The molecule has 3 atom stereocenters. The minimum absolute atomic E-state index is 0.0197. The molecule has 200 valence electrons. The number of ether oxygens (including phenoxy) is 1. The Kier molecular flexibility index (Phi) is 7.89. The first kappa shape index (κ1) is 27.3. The van der Waals surface area contributed by atoms with E-state index in [4.69, 9.17) is 4.74 Å². The van der Waals surface area contributed by atoms with Crippen LogP contribution in [0.4, 0.5) is 5.69 Å². The van der Waals surface area contributed by atoms with Crippen LogP contribution >= 0.6 is 0 Å². The number of carboxylic acids is 1. The van der Waals surface area contributed by atoms with Gasteiger partial charge in [-0.05, 0) is 66.3 Å². The number of amides is 1. The van der Waals surface area contributed by atoms with Crippen molar-refractivity contribution in [3.05, 3.63) is 83.7 Å². The Morgan fingerprint density at radius 1 is 1.03 bits per heavy atom. The summed E-state index contributed by atoms with van der Waals surface area (Å²) < 4.78 is 33.6. The summed E-state index contributed by atoms with van der Waals surface area (Å²) in [5, 5.41) is 12.2. The normalized spacial score (nSPS) is 19.6. The third-order valence-electron chi connectivity index (χ3n) is 6.89. The molecule has 0 spiro atoms. The molecule has 3 N–H and O–H groups in total. The highest BCUT2D eigenvalue weighted by molar-refractivity contribution is 7.89. The van der Waals surface area contributed by atoms with Crippen LogP contribution in [-0.2, 0) is 24.3 Å². The fourth-order valence-electron chi connectivity index (χ4n) is 4.75. The molecule has 1 heterocycles. The van der Waals surface area contributed by atoms with Gasteiger partial charge >= 0.3 is 5.97 Å². The van der Waals surface area contributed by atoms with Crippen molar-refractivity contribution in [1.82, 2.24) is 4.72 Å². The zero-order chi connectivity index (χ0) is 27.6. The summed E-state index contributed by atoms with van der Waals surface area (Å²) in [6.45, 7) is 7.31. The van der Waals surface area contributed by atoms with Crippen LogP contribution in [-0.4, -0.2) is 37.5 Å². The largest absolute Gasteiger partial charge is 0.480 e. The van der Waals surface area contributed by atoms with Gasteiger partial charge in [-0.2, -0.15) is 4.72 Å². The third-order valence-corrected chi connectivity index (χ3v) is 8.34. The molecule has 4 rings (SSSR count). The lowest BCUT2D eigenvalue weighted by atomic mass is 9.83. The Morgan fingerprint density at radius 2 is 1.63 bits per heavy atom. The number of hydrogen-bond donors (Lipinski definition) is 3. The molecular weight excluding hydrogens is 504 g/mol. The number of carbonyl (C=O) groups excluding carboxylic acids is 1. The van der Waals surface area contributed by atoms with E-state index in [1.807, 2.05) is 31.2 Å². The lowest BCUT2D eigenvalue weighted by molar-refractivity contribution is -0.140. The van der Waals surface area contributed by atoms with Crippen LogP contribution in [0.3, 0.4) is 0 Å². The summed E-state index contributed by atoms with van der Waals surface area (Å²) >= 11 is 0. The first-order valence-electron chi connectivity index (χ1n) is 12.5. The van der Waals surface area contributed by atoms with E-state index in [2.05, 4.69) is 23.0 Å². The van der Waals surface area contributed by atoms with Gasteiger partial charge in [-0.1, -0.05) is 62.8 Å². The van der Waals surface area contributed by atoms with Crippen molar-refractivity contribution < 1.29 is 27.9 Å². The second-order valence-corrected chi connectivity index (χ2v) is 11.5. The van der Waals surface area contributed by atoms with Gasteiger partial charge in [0.1, 0.15) is 12.1 Å². The van der Waals surface area contributed by atoms with Crippen molar-refractivity contribution in [2.75, 3.05) is 5.32 Å². The summed E-state index contributed by atoms with van der Waals surface area (Å²) in [6.07, 6.45) is 6.78. The van der Waals surface area contributed by atoms with Crippen molar-refractivity contribution in [3.8, 4) is 11.1 Å². The van der Waals surface area contributed by atoms with E-state index in [0.29, 0.717) is 11.4 Å². The number of sulfonamides is 1. The second kappa shape index (κ2) is 11.0. The molecule has 0 fully saturated rings. The van der Waals surface area contributed by atoms with E-state index in [9.17, 15) is 23.1 Å². The molecule has 0 saturated heterocycles. The Labute approximate surface area is 223 Å².